The Hall–Kier alpha value is -5.71. The zero-order valence-electron chi connectivity index (χ0n) is 34.7. The second kappa shape index (κ2) is 17.3. The van der Waals surface area contributed by atoms with Crippen molar-refractivity contribution >= 4 is 17.9 Å². The summed E-state index contributed by atoms with van der Waals surface area (Å²) in [7, 11) is 0. The fraction of sp³-hybridized carbons (Fsp3) is 0.438. The first-order valence-corrected chi connectivity index (χ1v) is 21.4. The lowest BCUT2D eigenvalue weighted by Gasteiger charge is -2.30. The third-order valence-electron chi connectivity index (χ3n) is 12.5. The lowest BCUT2D eigenvalue weighted by Crippen LogP contribution is -2.44. The third-order valence-corrected chi connectivity index (χ3v) is 12.5. The van der Waals surface area contributed by atoms with E-state index in [9.17, 15) is 14.4 Å². The van der Waals surface area contributed by atoms with Gasteiger partial charge in [0.1, 0.15) is 23.3 Å². The van der Waals surface area contributed by atoms with Gasteiger partial charge in [0.25, 0.3) is 5.91 Å². The van der Waals surface area contributed by atoms with Crippen LogP contribution in [0.4, 0.5) is 4.79 Å². The molecular formula is C48H57N7O4. The number of nitrogens with zero attached hydrogens (tertiary/aromatic N) is 4. The number of aromatic nitrogens is 4. The normalized spacial score (nSPS) is 21.9. The van der Waals surface area contributed by atoms with Crippen molar-refractivity contribution in [3.8, 4) is 11.3 Å². The topological polar surface area (TPSA) is 136 Å². The smallest absolute Gasteiger partial charge is 0.408 e. The Kier molecular flexibility index (Phi) is 11.7. The van der Waals surface area contributed by atoms with Crippen molar-refractivity contribution in [3.63, 3.8) is 0 Å². The average Bonchev–Trinajstić information content (AvgIpc) is 4.10. The number of hydrogen-bond acceptors (Lipinski definition) is 6. The molecule has 2 saturated heterocycles. The Bertz CT molecular complexity index is 2200. The molecule has 308 valence electrons. The molecule has 2 aliphatic heterocycles. The summed E-state index contributed by atoms with van der Waals surface area (Å²) in [6, 6.07) is 27.2. The van der Waals surface area contributed by atoms with Crippen LogP contribution >= 0.6 is 0 Å². The zero-order valence-corrected chi connectivity index (χ0v) is 34.7. The number of nitrogens with one attached hydrogen (secondary N) is 3. The Labute approximate surface area is 347 Å². The fourth-order valence-electron chi connectivity index (χ4n) is 9.34. The molecule has 0 bridgehead atoms. The van der Waals surface area contributed by atoms with Gasteiger partial charge < -0.3 is 29.8 Å². The van der Waals surface area contributed by atoms with E-state index in [1.54, 1.807) is 0 Å². The molecule has 11 heteroatoms. The van der Waals surface area contributed by atoms with Crippen LogP contribution in [-0.4, -0.2) is 66.3 Å². The fourth-order valence-corrected chi connectivity index (χ4v) is 9.34. The van der Waals surface area contributed by atoms with Gasteiger partial charge >= 0.3 is 6.09 Å². The van der Waals surface area contributed by atoms with Crippen LogP contribution in [0.1, 0.15) is 149 Å². The molecule has 0 spiro atoms. The zero-order chi connectivity index (χ0) is 41.1. The highest BCUT2D eigenvalue weighted by atomic mass is 16.6. The predicted octanol–water partition coefficient (Wildman–Crippen LogP) is 9.64. The standard InChI is InChI=1S/C48H57N7O4/c1-31(32-13-7-5-8-14-32)45(56)54-27-11-17-40(54)43-49-29-38(51-43)35-23-19-33(20-24-35)34-21-25-36(26-22-34)39-30-50-44(52-39)41-18-12-28-55(41)46(57)42(37-15-9-6-10-16-37)53-47(58)59-48(2,3)4/h5-10,13-16,19-20,23-24,29-31,34,36,40-42H,11-12,17-18,21-22,25-28H2,1-4H3,(H,49,51)(H,50,52)(H,53,58)/t31-,34?,36?,40+,41+,42-/m1/s1. The van der Waals surface area contributed by atoms with E-state index in [1.807, 2.05) is 111 Å². The number of rotatable bonds is 10. The van der Waals surface area contributed by atoms with E-state index in [2.05, 4.69) is 39.6 Å². The summed E-state index contributed by atoms with van der Waals surface area (Å²) in [5.41, 5.74) is 5.62. The summed E-state index contributed by atoms with van der Waals surface area (Å²) in [5, 5.41) is 2.85. The van der Waals surface area contributed by atoms with E-state index in [-0.39, 0.29) is 29.8 Å². The quantitative estimate of drug-likeness (QED) is 0.129. The Morgan fingerprint density at radius 3 is 1.88 bits per heavy atom. The van der Waals surface area contributed by atoms with Gasteiger partial charge in [0.15, 0.2) is 0 Å². The third kappa shape index (κ3) is 8.99. The molecule has 3 amide bonds. The van der Waals surface area contributed by atoms with Crippen LogP contribution in [-0.2, 0) is 14.3 Å². The van der Waals surface area contributed by atoms with E-state index in [0.717, 1.165) is 92.1 Å². The average molecular weight is 796 g/mol. The Balaban J connectivity index is 0.871. The number of ether oxygens (including phenoxy) is 1. The second-order valence-corrected chi connectivity index (χ2v) is 17.6. The summed E-state index contributed by atoms with van der Waals surface area (Å²) in [4.78, 5) is 61.2. The number of amides is 3. The molecule has 3 aliphatic rings. The number of alkyl carbamates (subject to hydrolysis) is 1. The van der Waals surface area contributed by atoms with E-state index in [4.69, 9.17) is 14.7 Å². The SMILES string of the molecule is C[C@@H](C(=O)N1CCC[C@H]1c1ncc(-c2ccc(C3CCC(c4cnc([C@@H]5CCCN5C(=O)[C@H](NC(=O)OC(C)(C)C)c5ccccc5)[nH]4)CC3)cc2)[nH]1)c1ccccc1. The highest BCUT2D eigenvalue weighted by molar-refractivity contribution is 5.87. The Morgan fingerprint density at radius 1 is 0.695 bits per heavy atom. The highest BCUT2D eigenvalue weighted by Gasteiger charge is 2.38. The minimum atomic E-state index is -0.864. The number of aromatic amines is 2. The van der Waals surface area contributed by atoms with E-state index >= 15 is 0 Å². The molecule has 1 aliphatic carbocycles. The van der Waals surface area contributed by atoms with Crippen LogP contribution in [0.3, 0.4) is 0 Å². The summed E-state index contributed by atoms with van der Waals surface area (Å²) in [5.74, 6) is 2.33. The molecule has 11 nitrogen and oxygen atoms in total. The number of imidazole rings is 2. The number of benzene rings is 3. The molecule has 3 aromatic carbocycles. The van der Waals surface area contributed by atoms with Crippen molar-refractivity contribution in [1.82, 2.24) is 35.1 Å². The van der Waals surface area contributed by atoms with E-state index < -0.39 is 17.7 Å². The number of likely N-dealkylation sites (tertiary alicyclic amines) is 2. The summed E-state index contributed by atoms with van der Waals surface area (Å²) in [6.45, 7) is 8.77. The molecule has 1 saturated carbocycles. The number of carbonyl (C=O) groups excluding carboxylic acids is 3. The maximum atomic E-state index is 14.2. The maximum Gasteiger partial charge on any atom is 0.408 e. The molecule has 0 unspecified atom stereocenters. The van der Waals surface area contributed by atoms with Gasteiger partial charge in [0.2, 0.25) is 5.91 Å². The van der Waals surface area contributed by atoms with Gasteiger partial charge in [0, 0.05) is 30.9 Å². The van der Waals surface area contributed by atoms with Gasteiger partial charge in [-0.15, -0.1) is 0 Å². The van der Waals surface area contributed by atoms with Crippen molar-refractivity contribution in [3.05, 3.63) is 131 Å². The predicted molar refractivity (Wildman–Crippen MR) is 227 cm³/mol. The minimum Gasteiger partial charge on any atom is -0.444 e. The highest BCUT2D eigenvalue weighted by Crippen LogP contribution is 2.42. The van der Waals surface area contributed by atoms with Gasteiger partial charge in [-0.3, -0.25) is 9.59 Å². The van der Waals surface area contributed by atoms with Crippen LogP contribution in [0.2, 0.25) is 0 Å². The van der Waals surface area contributed by atoms with Gasteiger partial charge in [-0.1, -0.05) is 84.9 Å². The van der Waals surface area contributed by atoms with Gasteiger partial charge in [-0.05, 0) is 107 Å². The van der Waals surface area contributed by atoms with Gasteiger partial charge in [0.05, 0.1) is 29.9 Å². The van der Waals surface area contributed by atoms with Gasteiger partial charge in [-0.2, -0.15) is 0 Å². The van der Waals surface area contributed by atoms with Gasteiger partial charge in [-0.25, -0.2) is 14.8 Å². The lowest BCUT2D eigenvalue weighted by atomic mass is 9.77. The van der Waals surface area contributed by atoms with Crippen LogP contribution in [0.25, 0.3) is 11.3 Å². The molecule has 3 N–H and O–H groups in total. The largest absolute Gasteiger partial charge is 0.444 e. The lowest BCUT2D eigenvalue weighted by molar-refractivity contribution is -0.135. The van der Waals surface area contributed by atoms with Crippen LogP contribution < -0.4 is 5.32 Å². The number of H-pyrrole nitrogens is 2. The van der Waals surface area contributed by atoms with Crippen molar-refractivity contribution in [1.29, 1.82) is 0 Å². The molecule has 4 atom stereocenters. The molecule has 2 aromatic heterocycles. The number of hydrogen-bond donors (Lipinski definition) is 3. The molecular weight excluding hydrogens is 739 g/mol. The van der Waals surface area contributed by atoms with Crippen molar-refractivity contribution in [2.75, 3.05) is 13.1 Å². The molecule has 4 heterocycles. The number of carbonyl (C=O) groups is 3. The summed E-state index contributed by atoms with van der Waals surface area (Å²) >= 11 is 0. The molecule has 59 heavy (non-hydrogen) atoms. The van der Waals surface area contributed by atoms with Crippen molar-refractivity contribution in [2.24, 2.45) is 0 Å². The summed E-state index contributed by atoms with van der Waals surface area (Å²) in [6.07, 6.45) is 11.1. The van der Waals surface area contributed by atoms with Crippen LogP contribution in [0, 0.1) is 0 Å². The molecule has 5 aromatic rings. The van der Waals surface area contributed by atoms with E-state index in [1.165, 1.54) is 5.56 Å². The Morgan fingerprint density at radius 2 is 1.25 bits per heavy atom. The second-order valence-electron chi connectivity index (χ2n) is 17.6. The van der Waals surface area contributed by atoms with Crippen molar-refractivity contribution in [2.45, 2.75) is 121 Å². The van der Waals surface area contributed by atoms with Crippen molar-refractivity contribution < 1.29 is 19.1 Å². The van der Waals surface area contributed by atoms with Crippen LogP contribution in [0.15, 0.2) is 97.3 Å². The molecule has 8 rings (SSSR count). The minimum absolute atomic E-state index is 0.0393. The summed E-state index contributed by atoms with van der Waals surface area (Å²) < 4.78 is 5.53. The first-order chi connectivity index (χ1) is 28.5. The first-order valence-electron chi connectivity index (χ1n) is 21.4. The van der Waals surface area contributed by atoms with E-state index in [0.29, 0.717) is 23.9 Å². The monoisotopic (exact) mass is 795 g/mol. The first kappa shape index (κ1) is 40.1. The molecule has 0 radical (unpaired) electrons. The maximum absolute atomic E-state index is 14.2. The van der Waals surface area contributed by atoms with Crippen LogP contribution in [0.5, 0.6) is 0 Å². The molecule has 3 fully saturated rings.